The average Bonchev–Trinajstić information content (AvgIpc) is 2.44. The standard InChI is InChI=1S/C13H16N2O5S/c1-13(2,12(17)18)14(3)11(16)8-21-10-6-4-9(5-7-10)15(19)20/h4-7H,8H2,1-3H3,(H,17,18). The lowest BCUT2D eigenvalue weighted by atomic mass is 10.0. The Labute approximate surface area is 126 Å². The minimum Gasteiger partial charge on any atom is -0.480 e. The molecule has 1 aromatic rings. The highest BCUT2D eigenvalue weighted by atomic mass is 32.2. The molecule has 0 fully saturated rings. The molecule has 0 radical (unpaired) electrons. The van der Waals surface area contributed by atoms with Crippen molar-refractivity contribution in [3.63, 3.8) is 0 Å². The lowest BCUT2D eigenvalue weighted by Gasteiger charge is -2.31. The molecule has 1 amide bonds. The van der Waals surface area contributed by atoms with E-state index in [1.807, 2.05) is 0 Å². The lowest BCUT2D eigenvalue weighted by molar-refractivity contribution is -0.384. The largest absolute Gasteiger partial charge is 0.480 e. The minimum absolute atomic E-state index is 0.0187. The summed E-state index contributed by atoms with van der Waals surface area (Å²) in [5.74, 6) is -1.35. The van der Waals surface area contributed by atoms with E-state index in [0.29, 0.717) is 4.90 Å². The number of benzene rings is 1. The normalized spacial score (nSPS) is 11.0. The number of thioether (sulfide) groups is 1. The van der Waals surface area contributed by atoms with Gasteiger partial charge in [0.05, 0.1) is 10.7 Å². The maximum absolute atomic E-state index is 12.0. The second kappa shape index (κ2) is 6.57. The number of carbonyl (C=O) groups excluding carboxylic acids is 1. The summed E-state index contributed by atoms with van der Waals surface area (Å²) in [6.07, 6.45) is 0. The molecule has 0 heterocycles. The van der Waals surface area contributed by atoms with Crippen LogP contribution in [0.2, 0.25) is 0 Å². The summed E-state index contributed by atoms with van der Waals surface area (Å²) >= 11 is 1.20. The van der Waals surface area contributed by atoms with Crippen LogP contribution in [0.5, 0.6) is 0 Å². The van der Waals surface area contributed by atoms with Gasteiger partial charge in [0.1, 0.15) is 5.54 Å². The Morgan fingerprint density at radius 3 is 2.29 bits per heavy atom. The van der Waals surface area contributed by atoms with E-state index in [1.165, 1.54) is 49.7 Å². The summed E-state index contributed by atoms with van der Waals surface area (Å²) in [5, 5.41) is 19.6. The summed E-state index contributed by atoms with van der Waals surface area (Å²) < 4.78 is 0. The molecule has 0 spiro atoms. The second-order valence-electron chi connectivity index (χ2n) is 4.86. The zero-order valence-corrected chi connectivity index (χ0v) is 12.7. The number of hydrogen-bond donors (Lipinski definition) is 1. The maximum atomic E-state index is 12.0. The Hall–Kier alpha value is -2.09. The molecule has 8 heteroatoms. The van der Waals surface area contributed by atoms with Crippen molar-refractivity contribution in [1.29, 1.82) is 0 Å². The summed E-state index contributed by atoms with van der Waals surface area (Å²) in [4.78, 5) is 35.0. The van der Waals surface area contributed by atoms with Gasteiger partial charge in [-0.15, -0.1) is 11.8 Å². The van der Waals surface area contributed by atoms with E-state index in [9.17, 15) is 19.7 Å². The van der Waals surface area contributed by atoms with Crippen LogP contribution in [0.4, 0.5) is 5.69 Å². The Kier molecular flexibility index (Phi) is 5.31. The van der Waals surface area contributed by atoms with Crippen LogP contribution in [0.25, 0.3) is 0 Å². The van der Waals surface area contributed by atoms with E-state index in [-0.39, 0.29) is 17.3 Å². The number of nitrogens with zero attached hydrogens (tertiary/aromatic N) is 2. The molecular weight excluding hydrogens is 296 g/mol. The number of carbonyl (C=O) groups is 2. The van der Waals surface area contributed by atoms with Crippen LogP contribution >= 0.6 is 11.8 Å². The molecular formula is C13H16N2O5S. The predicted molar refractivity (Wildman–Crippen MR) is 78.3 cm³/mol. The van der Waals surface area contributed by atoms with Gasteiger partial charge < -0.3 is 10.0 Å². The van der Waals surface area contributed by atoms with E-state index >= 15 is 0 Å². The predicted octanol–water partition coefficient (Wildman–Crippen LogP) is 2.01. The van der Waals surface area contributed by atoms with Crippen molar-refractivity contribution in [2.45, 2.75) is 24.3 Å². The number of rotatable bonds is 6. The van der Waals surface area contributed by atoms with Crippen LogP contribution in [0.1, 0.15) is 13.8 Å². The van der Waals surface area contributed by atoms with Crippen LogP contribution in [0, 0.1) is 10.1 Å². The number of hydrogen-bond acceptors (Lipinski definition) is 5. The van der Waals surface area contributed by atoms with Gasteiger partial charge in [0.25, 0.3) is 5.69 Å². The molecule has 0 aliphatic heterocycles. The molecule has 1 aromatic carbocycles. The van der Waals surface area contributed by atoms with Crippen molar-refractivity contribution in [3.05, 3.63) is 34.4 Å². The smallest absolute Gasteiger partial charge is 0.329 e. The summed E-state index contributed by atoms with van der Waals surface area (Å²) in [5.41, 5.74) is -1.30. The first-order valence-electron chi connectivity index (χ1n) is 6.03. The number of likely N-dealkylation sites (N-methyl/N-ethyl adjacent to an activating group) is 1. The number of carboxylic acid groups (broad SMARTS) is 1. The number of carboxylic acids is 1. The molecule has 0 saturated heterocycles. The zero-order chi connectivity index (χ0) is 16.2. The second-order valence-corrected chi connectivity index (χ2v) is 5.91. The summed E-state index contributed by atoms with van der Waals surface area (Å²) in [6.45, 7) is 2.90. The number of non-ortho nitro benzene ring substituents is 1. The molecule has 0 aromatic heterocycles. The Bertz CT molecular complexity index is 556. The summed E-state index contributed by atoms with van der Waals surface area (Å²) in [7, 11) is 1.44. The van der Waals surface area contributed by atoms with Gasteiger partial charge in [-0.1, -0.05) is 0 Å². The number of aliphatic carboxylic acids is 1. The van der Waals surface area contributed by atoms with Gasteiger partial charge in [0.2, 0.25) is 5.91 Å². The van der Waals surface area contributed by atoms with Crippen LogP contribution in [-0.4, -0.2) is 45.1 Å². The van der Waals surface area contributed by atoms with Gasteiger partial charge >= 0.3 is 5.97 Å². The lowest BCUT2D eigenvalue weighted by Crippen LogP contribution is -2.51. The third kappa shape index (κ3) is 4.19. The third-order valence-corrected chi connectivity index (χ3v) is 4.14. The fourth-order valence-electron chi connectivity index (χ4n) is 1.36. The van der Waals surface area contributed by atoms with Gasteiger partial charge in [-0.25, -0.2) is 4.79 Å². The van der Waals surface area contributed by atoms with E-state index in [2.05, 4.69) is 0 Å². The number of amides is 1. The first-order chi connectivity index (χ1) is 9.66. The molecule has 0 saturated carbocycles. The summed E-state index contributed by atoms with van der Waals surface area (Å²) in [6, 6.07) is 5.83. The molecule has 1 N–H and O–H groups in total. The van der Waals surface area contributed by atoms with Crippen molar-refractivity contribution in [2.24, 2.45) is 0 Å². The highest BCUT2D eigenvalue weighted by Crippen LogP contribution is 2.23. The van der Waals surface area contributed by atoms with Gasteiger partial charge in [-0.3, -0.25) is 14.9 Å². The van der Waals surface area contributed by atoms with Crippen molar-refractivity contribution in [2.75, 3.05) is 12.8 Å². The van der Waals surface area contributed by atoms with E-state index in [1.54, 1.807) is 12.1 Å². The van der Waals surface area contributed by atoms with Gasteiger partial charge in [0, 0.05) is 24.1 Å². The minimum atomic E-state index is -1.28. The Balaban J connectivity index is 2.64. The van der Waals surface area contributed by atoms with E-state index in [0.717, 1.165) is 0 Å². The van der Waals surface area contributed by atoms with Gasteiger partial charge in [-0.05, 0) is 26.0 Å². The maximum Gasteiger partial charge on any atom is 0.329 e. The fourth-order valence-corrected chi connectivity index (χ4v) is 2.17. The quantitative estimate of drug-likeness (QED) is 0.490. The van der Waals surface area contributed by atoms with Gasteiger partial charge in [0.15, 0.2) is 0 Å². The average molecular weight is 312 g/mol. The fraction of sp³-hybridized carbons (Fsp3) is 0.385. The van der Waals surface area contributed by atoms with Gasteiger partial charge in [-0.2, -0.15) is 0 Å². The molecule has 0 atom stereocenters. The Morgan fingerprint density at radius 1 is 1.33 bits per heavy atom. The monoisotopic (exact) mass is 312 g/mol. The molecule has 0 aliphatic carbocycles. The zero-order valence-electron chi connectivity index (χ0n) is 11.9. The van der Waals surface area contributed by atoms with Crippen LogP contribution < -0.4 is 0 Å². The van der Waals surface area contributed by atoms with Crippen molar-refractivity contribution in [1.82, 2.24) is 4.90 Å². The van der Waals surface area contributed by atoms with Crippen molar-refractivity contribution in [3.8, 4) is 0 Å². The van der Waals surface area contributed by atoms with Crippen molar-refractivity contribution >= 4 is 29.3 Å². The first-order valence-corrected chi connectivity index (χ1v) is 7.02. The molecule has 0 aliphatic rings. The highest BCUT2D eigenvalue weighted by molar-refractivity contribution is 8.00. The third-order valence-electron chi connectivity index (χ3n) is 3.15. The highest BCUT2D eigenvalue weighted by Gasteiger charge is 2.34. The topological polar surface area (TPSA) is 101 Å². The SMILES string of the molecule is CN(C(=O)CSc1ccc([N+](=O)[O-])cc1)C(C)(C)C(=O)O. The first kappa shape index (κ1) is 17.0. The molecule has 21 heavy (non-hydrogen) atoms. The molecule has 1 rings (SSSR count). The van der Waals surface area contributed by atoms with E-state index in [4.69, 9.17) is 5.11 Å². The molecule has 0 unspecified atom stereocenters. The Morgan fingerprint density at radius 2 is 1.86 bits per heavy atom. The number of nitro benzene ring substituents is 1. The van der Waals surface area contributed by atoms with Crippen LogP contribution in [0.3, 0.4) is 0 Å². The molecule has 114 valence electrons. The van der Waals surface area contributed by atoms with Crippen LogP contribution in [-0.2, 0) is 9.59 Å². The molecule has 7 nitrogen and oxygen atoms in total. The van der Waals surface area contributed by atoms with E-state index < -0.39 is 16.4 Å². The number of nitro groups is 1. The molecule has 0 bridgehead atoms. The van der Waals surface area contributed by atoms with Crippen LogP contribution in [0.15, 0.2) is 29.2 Å². The van der Waals surface area contributed by atoms with Crippen molar-refractivity contribution < 1.29 is 19.6 Å².